The normalized spacial score (nSPS) is 13.9. The molecule has 1 atom stereocenters. The zero-order valence-electron chi connectivity index (χ0n) is 9.66. The van der Waals surface area contributed by atoms with Gasteiger partial charge in [0, 0.05) is 0 Å². The van der Waals surface area contributed by atoms with E-state index in [1.54, 1.807) is 6.92 Å². The van der Waals surface area contributed by atoms with Crippen molar-refractivity contribution >= 4 is 11.9 Å². The van der Waals surface area contributed by atoms with Gasteiger partial charge in [0.25, 0.3) is 0 Å². The summed E-state index contributed by atoms with van der Waals surface area (Å²) in [5.41, 5.74) is -0.0444. The third kappa shape index (κ3) is 4.63. The van der Waals surface area contributed by atoms with E-state index in [2.05, 4.69) is 4.74 Å². The van der Waals surface area contributed by atoms with Gasteiger partial charge in [-0.2, -0.15) is 0 Å². The van der Waals surface area contributed by atoms with E-state index in [1.807, 2.05) is 19.9 Å². The Bertz CT molecular complexity index is 276. The standard InChI is InChI=1S/C11H18O4/c1-8(2)5-6-11(3,10(13)14)7-9(12)15-4/h5H,6-7H2,1-4H3,(H,13,14)/t11-/m0/s1. The van der Waals surface area contributed by atoms with E-state index in [1.165, 1.54) is 7.11 Å². The highest BCUT2D eigenvalue weighted by Gasteiger charge is 2.35. The van der Waals surface area contributed by atoms with E-state index in [9.17, 15) is 9.59 Å². The molecule has 0 amide bonds. The number of allylic oxidation sites excluding steroid dienone is 2. The summed E-state index contributed by atoms with van der Waals surface area (Å²) in [6.07, 6.45) is 2.04. The van der Waals surface area contributed by atoms with Crippen molar-refractivity contribution in [3.63, 3.8) is 0 Å². The van der Waals surface area contributed by atoms with Crippen LogP contribution in [0.25, 0.3) is 0 Å². The Morgan fingerprint density at radius 1 is 1.40 bits per heavy atom. The van der Waals surface area contributed by atoms with Gasteiger partial charge in [-0.15, -0.1) is 0 Å². The molecule has 0 aromatic carbocycles. The summed E-state index contributed by atoms with van der Waals surface area (Å²) in [6.45, 7) is 5.33. The number of methoxy groups -OCH3 is 1. The molecule has 0 aliphatic heterocycles. The molecule has 0 rings (SSSR count). The SMILES string of the molecule is COC(=O)C[C@](C)(CC=C(C)C)C(=O)O. The molecule has 0 bridgehead atoms. The van der Waals surface area contributed by atoms with Crippen molar-refractivity contribution < 1.29 is 19.4 Å². The molecule has 15 heavy (non-hydrogen) atoms. The van der Waals surface area contributed by atoms with E-state index >= 15 is 0 Å². The fraction of sp³-hybridized carbons (Fsp3) is 0.636. The number of esters is 1. The number of carboxylic acid groups (broad SMARTS) is 1. The van der Waals surface area contributed by atoms with E-state index < -0.39 is 17.4 Å². The number of carbonyl (C=O) groups excluding carboxylic acids is 1. The highest BCUT2D eigenvalue weighted by atomic mass is 16.5. The Morgan fingerprint density at radius 2 is 1.93 bits per heavy atom. The van der Waals surface area contributed by atoms with Gasteiger partial charge >= 0.3 is 11.9 Å². The van der Waals surface area contributed by atoms with Crippen LogP contribution in [0.5, 0.6) is 0 Å². The second kappa shape index (κ2) is 5.53. The first-order valence-corrected chi connectivity index (χ1v) is 4.75. The summed E-state index contributed by atoms with van der Waals surface area (Å²) in [7, 11) is 1.26. The lowest BCUT2D eigenvalue weighted by atomic mass is 9.83. The number of ether oxygens (including phenoxy) is 1. The number of rotatable bonds is 5. The average Bonchev–Trinajstić information content (AvgIpc) is 2.14. The van der Waals surface area contributed by atoms with Gasteiger partial charge in [0.05, 0.1) is 18.9 Å². The molecule has 0 saturated heterocycles. The number of hydrogen-bond donors (Lipinski definition) is 1. The first-order chi connectivity index (χ1) is 6.81. The van der Waals surface area contributed by atoms with Crippen LogP contribution in [0.1, 0.15) is 33.6 Å². The zero-order valence-corrected chi connectivity index (χ0v) is 9.66. The van der Waals surface area contributed by atoms with Crippen molar-refractivity contribution in [2.75, 3.05) is 7.11 Å². The van der Waals surface area contributed by atoms with E-state index in [0.717, 1.165) is 5.57 Å². The van der Waals surface area contributed by atoms with Gasteiger partial charge in [-0.05, 0) is 27.2 Å². The molecule has 0 aliphatic carbocycles. The van der Waals surface area contributed by atoms with Gasteiger partial charge in [-0.25, -0.2) is 0 Å². The Hall–Kier alpha value is -1.32. The smallest absolute Gasteiger partial charge is 0.310 e. The van der Waals surface area contributed by atoms with Crippen molar-refractivity contribution in [2.24, 2.45) is 5.41 Å². The third-order valence-corrected chi connectivity index (χ3v) is 2.24. The van der Waals surface area contributed by atoms with Crippen molar-refractivity contribution in [3.05, 3.63) is 11.6 Å². The van der Waals surface area contributed by atoms with Crippen molar-refractivity contribution in [3.8, 4) is 0 Å². The Labute approximate surface area is 89.9 Å². The molecule has 4 heteroatoms. The van der Waals surface area contributed by atoms with Crippen LogP contribution in [0.15, 0.2) is 11.6 Å². The van der Waals surface area contributed by atoms with Crippen molar-refractivity contribution in [1.82, 2.24) is 0 Å². The quantitative estimate of drug-likeness (QED) is 0.561. The fourth-order valence-corrected chi connectivity index (χ4v) is 1.06. The summed E-state index contributed by atoms with van der Waals surface area (Å²) in [5, 5.41) is 9.05. The topological polar surface area (TPSA) is 63.6 Å². The molecule has 0 heterocycles. The minimum Gasteiger partial charge on any atom is -0.481 e. The zero-order chi connectivity index (χ0) is 12.1. The summed E-state index contributed by atoms with van der Waals surface area (Å²) in [5.74, 6) is -1.48. The van der Waals surface area contributed by atoms with Crippen LogP contribution in [0.2, 0.25) is 0 Å². The van der Waals surface area contributed by atoms with E-state index in [0.29, 0.717) is 6.42 Å². The monoisotopic (exact) mass is 214 g/mol. The lowest BCUT2D eigenvalue weighted by Gasteiger charge is -2.21. The summed E-state index contributed by atoms with van der Waals surface area (Å²) in [4.78, 5) is 22.1. The Kier molecular flexibility index (Phi) is 5.05. The maximum atomic E-state index is 11.1. The van der Waals surface area contributed by atoms with Crippen LogP contribution >= 0.6 is 0 Å². The third-order valence-electron chi connectivity index (χ3n) is 2.24. The molecular weight excluding hydrogens is 196 g/mol. The Balaban J connectivity index is 4.67. The number of hydrogen-bond acceptors (Lipinski definition) is 3. The summed E-state index contributed by atoms with van der Waals surface area (Å²) in [6, 6.07) is 0. The molecule has 0 unspecified atom stereocenters. The molecule has 86 valence electrons. The van der Waals surface area contributed by atoms with Gasteiger partial charge < -0.3 is 9.84 Å². The summed E-state index contributed by atoms with van der Waals surface area (Å²) >= 11 is 0. The lowest BCUT2D eigenvalue weighted by molar-refractivity contribution is -0.155. The molecule has 0 fully saturated rings. The molecular formula is C11H18O4. The summed E-state index contributed by atoms with van der Waals surface area (Å²) < 4.78 is 4.48. The van der Waals surface area contributed by atoms with E-state index in [4.69, 9.17) is 5.11 Å². The van der Waals surface area contributed by atoms with Gasteiger partial charge in [0.2, 0.25) is 0 Å². The first kappa shape index (κ1) is 13.7. The van der Waals surface area contributed by atoms with Crippen LogP contribution in [0, 0.1) is 5.41 Å². The Morgan fingerprint density at radius 3 is 2.27 bits per heavy atom. The number of aliphatic carboxylic acids is 1. The lowest BCUT2D eigenvalue weighted by Crippen LogP contribution is -2.30. The van der Waals surface area contributed by atoms with Crippen molar-refractivity contribution in [2.45, 2.75) is 33.6 Å². The molecule has 0 saturated carbocycles. The average molecular weight is 214 g/mol. The van der Waals surface area contributed by atoms with Gasteiger partial charge in [-0.1, -0.05) is 11.6 Å². The molecule has 0 radical (unpaired) electrons. The minimum atomic E-state index is -1.08. The van der Waals surface area contributed by atoms with Crippen LogP contribution < -0.4 is 0 Å². The molecule has 0 spiro atoms. The molecule has 0 aromatic rings. The van der Waals surface area contributed by atoms with Crippen LogP contribution in [-0.4, -0.2) is 24.2 Å². The van der Waals surface area contributed by atoms with Gasteiger partial charge in [-0.3, -0.25) is 9.59 Å². The van der Waals surface area contributed by atoms with Crippen LogP contribution in [0.3, 0.4) is 0 Å². The highest BCUT2D eigenvalue weighted by Crippen LogP contribution is 2.28. The second-order valence-electron chi connectivity index (χ2n) is 4.10. The van der Waals surface area contributed by atoms with Gasteiger partial charge in [0.1, 0.15) is 0 Å². The van der Waals surface area contributed by atoms with E-state index in [-0.39, 0.29) is 6.42 Å². The number of carboxylic acids is 1. The molecule has 4 nitrogen and oxygen atoms in total. The molecule has 0 aromatic heterocycles. The van der Waals surface area contributed by atoms with Crippen LogP contribution in [0.4, 0.5) is 0 Å². The van der Waals surface area contributed by atoms with Crippen LogP contribution in [-0.2, 0) is 14.3 Å². The van der Waals surface area contributed by atoms with Crippen molar-refractivity contribution in [1.29, 1.82) is 0 Å². The maximum Gasteiger partial charge on any atom is 0.310 e. The second-order valence-corrected chi connectivity index (χ2v) is 4.10. The maximum absolute atomic E-state index is 11.1. The number of carbonyl (C=O) groups is 2. The largest absolute Gasteiger partial charge is 0.481 e. The first-order valence-electron chi connectivity index (χ1n) is 4.75. The molecule has 1 N–H and O–H groups in total. The predicted octanol–water partition coefficient (Wildman–Crippen LogP) is 2.00. The fourth-order valence-electron chi connectivity index (χ4n) is 1.06. The highest BCUT2D eigenvalue weighted by molar-refractivity contribution is 5.82. The predicted molar refractivity (Wildman–Crippen MR) is 56.4 cm³/mol. The van der Waals surface area contributed by atoms with Gasteiger partial charge in [0.15, 0.2) is 0 Å². The minimum absolute atomic E-state index is 0.109. The molecule has 0 aliphatic rings.